The molecule has 0 spiro atoms. The molecule has 0 amide bonds. The van der Waals surface area contributed by atoms with Crippen LogP contribution in [0.15, 0.2) is 24.3 Å². The molecule has 0 bridgehead atoms. The number of nitrogens with zero attached hydrogens (tertiary/aromatic N) is 1. The van der Waals surface area contributed by atoms with Crippen molar-refractivity contribution in [1.82, 2.24) is 0 Å². The van der Waals surface area contributed by atoms with E-state index in [1.165, 1.54) is 109 Å². The van der Waals surface area contributed by atoms with Gasteiger partial charge in [0, 0.05) is 12.8 Å². The molecule has 318 valence electrons. The number of carbonyl (C=O) groups excluding carboxylic acids is 2. The molecule has 54 heavy (non-hydrogen) atoms. The van der Waals surface area contributed by atoms with E-state index in [1.807, 2.05) is 21.1 Å². The number of hydrogen-bond acceptors (Lipinski definition) is 7. The lowest BCUT2D eigenvalue weighted by atomic mass is 10.1. The highest BCUT2D eigenvalue weighted by atomic mass is 31.2. The minimum Gasteiger partial charge on any atom is -0.462 e. The number of phosphoric acid groups is 1. The molecule has 0 rings (SSSR count). The molecular weight excluding hydrogens is 701 g/mol. The summed E-state index contributed by atoms with van der Waals surface area (Å²) in [6.45, 7) is 4.39. The first-order valence-corrected chi connectivity index (χ1v) is 23.6. The van der Waals surface area contributed by atoms with Crippen LogP contribution in [0.4, 0.5) is 0 Å². The molecule has 0 aromatic rings. The molecule has 0 fully saturated rings. The zero-order chi connectivity index (χ0) is 40.0. The number of allylic oxidation sites excluding steroid dienone is 4. The summed E-state index contributed by atoms with van der Waals surface area (Å²) in [7, 11) is 1.47. The molecule has 0 radical (unpaired) electrons. The van der Waals surface area contributed by atoms with Crippen LogP contribution in [0.5, 0.6) is 0 Å². The van der Waals surface area contributed by atoms with Gasteiger partial charge in [-0.25, -0.2) is 4.57 Å². The van der Waals surface area contributed by atoms with E-state index in [1.54, 1.807) is 0 Å². The maximum absolute atomic E-state index is 12.7. The van der Waals surface area contributed by atoms with Crippen LogP contribution in [0.2, 0.25) is 0 Å². The topological polar surface area (TPSA) is 108 Å². The highest BCUT2D eigenvalue weighted by molar-refractivity contribution is 7.47. The number of esters is 2. The third kappa shape index (κ3) is 40.2. The second kappa shape index (κ2) is 37.1. The van der Waals surface area contributed by atoms with E-state index in [4.69, 9.17) is 18.5 Å². The van der Waals surface area contributed by atoms with Crippen molar-refractivity contribution in [3.63, 3.8) is 0 Å². The fourth-order valence-electron chi connectivity index (χ4n) is 5.94. The minimum atomic E-state index is -4.37. The zero-order valence-corrected chi connectivity index (χ0v) is 36.6. The van der Waals surface area contributed by atoms with Gasteiger partial charge in [-0.2, -0.15) is 0 Å². The summed E-state index contributed by atoms with van der Waals surface area (Å²) in [5, 5.41) is 0. The van der Waals surface area contributed by atoms with Gasteiger partial charge < -0.3 is 18.9 Å². The quantitative estimate of drug-likeness (QED) is 0.0215. The van der Waals surface area contributed by atoms with Crippen LogP contribution in [0.1, 0.15) is 194 Å². The summed E-state index contributed by atoms with van der Waals surface area (Å²) in [6, 6.07) is 0. The number of hydrogen-bond donors (Lipinski definition) is 1. The molecule has 0 aliphatic heterocycles. The van der Waals surface area contributed by atoms with Gasteiger partial charge in [0.25, 0.3) is 0 Å². The van der Waals surface area contributed by atoms with Crippen molar-refractivity contribution in [2.45, 2.75) is 200 Å². The summed E-state index contributed by atoms with van der Waals surface area (Å²) >= 11 is 0. The maximum Gasteiger partial charge on any atom is 0.472 e. The van der Waals surface area contributed by atoms with Crippen LogP contribution < -0.4 is 0 Å². The van der Waals surface area contributed by atoms with Crippen molar-refractivity contribution in [3.8, 4) is 0 Å². The molecular formula is C44H85NO8P+. The zero-order valence-electron chi connectivity index (χ0n) is 35.7. The van der Waals surface area contributed by atoms with Gasteiger partial charge in [0.2, 0.25) is 0 Å². The highest BCUT2D eigenvalue weighted by Gasteiger charge is 2.27. The third-order valence-electron chi connectivity index (χ3n) is 9.45. The summed E-state index contributed by atoms with van der Waals surface area (Å²) in [6.07, 6.45) is 39.3. The molecule has 0 saturated heterocycles. The molecule has 0 aromatic heterocycles. The van der Waals surface area contributed by atoms with Crippen molar-refractivity contribution in [1.29, 1.82) is 0 Å². The fourth-order valence-corrected chi connectivity index (χ4v) is 6.69. The Morgan fingerprint density at radius 1 is 0.556 bits per heavy atom. The normalized spacial score (nSPS) is 13.8. The van der Waals surface area contributed by atoms with Crippen molar-refractivity contribution >= 4 is 19.8 Å². The van der Waals surface area contributed by atoms with E-state index in [0.717, 1.165) is 51.4 Å². The minimum absolute atomic E-state index is 0.0305. The SMILES string of the molecule is CCCCCC/C=C\CCCCCCCC(=O)O[C@H](COC(=O)CCCCCCCCC/C=C\CCCCCCCC)COP(=O)(O)OCC[N+](C)(C)C. The van der Waals surface area contributed by atoms with Gasteiger partial charge in [0.05, 0.1) is 27.7 Å². The van der Waals surface area contributed by atoms with Gasteiger partial charge in [-0.05, 0) is 64.2 Å². The summed E-state index contributed by atoms with van der Waals surface area (Å²) in [4.78, 5) is 35.3. The van der Waals surface area contributed by atoms with Crippen LogP contribution in [0.25, 0.3) is 0 Å². The second-order valence-electron chi connectivity index (χ2n) is 16.1. The van der Waals surface area contributed by atoms with E-state index >= 15 is 0 Å². The van der Waals surface area contributed by atoms with E-state index in [-0.39, 0.29) is 32.0 Å². The lowest BCUT2D eigenvalue weighted by molar-refractivity contribution is -0.870. The monoisotopic (exact) mass is 787 g/mol. The van der Waals surface area contributed by atoms with Gasteiger partial charge in [0.1, 0.15) is 19.8 Å². The number of phosphoric ester groups is 1. The van der Waals surface area contributed by atoms with Gasteiger partial charge in [0.15, 0.2) is 6.10 Å². The maximum atomic E-state index is 12.7. The van der Waals surface area contributed by atoms with Crippen LogP contribution in [-0.2, 0) is 32.7 Å². The van der Waals surface area contributed by atoms with E-state index in [9.17, 15) is 19.0 Å². The smallest absolute Gasteiger partial charge is 0.462 e. The first-order valence-electron chi connectivity index (χ1n) is 22.1. The Morgan fingerprint density at radius 2 is 0.944 bits per heavy atom. The average molecular weight is 787 g/mol. The van der Waals surface area contributed by atoms with Gasteiger partial charge in [-0.15, -0.1) is 0 Å². The number of ether oxygens (including phenoxy) is 2. The Labute approximate surface area is 332 Å². The summed E-state index contributed by atoms with van der Waals surface area (Å²) in [5.74, 6) is -0.810. The number of rotatable bonds is 40. The average Bonchev–Trinajstić information content (AvgIpc) is 3.12. The number of quaternary nitrogens is 1. The van der Waals surface area contributed by atoms with Gasteiger partial charge in [-0.1, -0.05) is 141 Å². The Morgan fingerprint density at radius 3 is 1.39 bits per heavy atom. The Kier molecular flexibility index (Phi) is 36.1. The first-order chi connectivity index (χ1) is 26.0. The molecule has 0 saturated carbocycles. The fraction of sp³-hybridized carbons (Fsp3) is 0.864. The summed E-state index contributed by atoms with van der Waals surface area (Å²) < 4.78 is 34.3. The molecule has 10 heteroatoms. The first kappa shape index (κ1) is 52.5. The number of likely N-dealkylation sites (N-methyl/N-ethyl adjacent to an activating group) is 1. The molecule has 9 nitrogen and oxygen atoms in total. The largest absolute Gasteiger partial charge is 0.472 e. The molecule has 0 aromatic carbocycles. The molecule has 1 N–H and O–H groups in total. The van der Waals surface area contributed by atoms with Crippen molar-refractivity contribution in [2.24, 2.45) is 0 Å². The third-order valence-corrected chi connectivity index (χ3v) is 10.4. The van der Waals surface area contributed by atoms with Crippen molar-refractivity contribution in [2.75, 3.05) is 47.5 Å². The number of carbonyl (C=O) groups is 2. The lowest BCUT2D eigenvalue weighted by Crippen LogP contribution is -2.37. The van der Waals surface area contributed by atoms with E-state index < -0.39 is 26.5 Å². The van der Waals surface area contributed by atoms with E-state index in [0.29, 0.717) is 17.4 Å². The van der Waals surface area contributed by atoms with Crippen LogP contribution in [0.3, 0.4) is 0 Å². The predicted molar refractivity (Wildman–Crippen MR) is 224 cm³/mol. The van der Waals surface area contributed by atoms with Crippen LogP contribution in [-0.4, -0.2) is 74.9 Å². The Bertz CT molecular complexity index is 980. The van der Waals surface area contributed by atoms with Crippen LogP contribution in [0, 0.1) is 0 Å². The van der Waals surface area contributed by atoms with Gasteiger partial charge in [-0.3, -0.25) is 18.6 Å². The molecule has 2 atom stereocenters. The standard InChI is InChI=1S/C44H84NO8P/c1-6-8-10-12-14-16-18-20-21-22-23-25-26-28-30-32-34-36-43(46)50-40-42(41-52-54(48,49)51-39-38-45(3,4)5)53-44(47)37-35-33-31-29-27-24-19-17-15-13-11-9-7-2/h17,19-21,42H,6-16,18,22-41H2,1-5H3/p+1/b19-17-,21-20-/t42-/m1/s1. The van der Waals surface area contributed by atoms with Gasteiger partial charge >= 0.3 is 19.8 Å². The Balaban J connectivity index is 4.35. The summed E-state index contributed by atoms with van der Waals surface area (Å²) in [5.41, 5.74) is 0. The second-order valence-corrected chi connectivity index (χ2v) is 17.5. The van der Waals surface area contributed by atoms with E-state index in [2.05, 4.69) is 38.2 Å². The van der Waals surface area contributed by atoms with Crippen molar-refractivity contribution < 1.29 is 42.1 Å². The van der Waals surface area contributed by atoms with Crippen LogP contribution >= 0.6 is 7.82 Å². The molecule has 0 aliphatic carbocycles. The molecule has 0 heterocycles. The van der Waals surface area contributed by atoms with Crippen molar-refractivity contribution in [3.05, 3.63) is 24.3 Å². The molecule has 0 aliphatic rings. The lowest BCUT2D eigenvalue weighted by Gasteiger charge is -2.24. The molecule has 1 unspecified atom stereocenters. The Hall–Kier alpha value is -1.51. The number of unbranched alkanes of at least 4 members (excludes halogenated alkanes) is 22. The predicted octanol–water partition coefficient (Wildman–Crippen LogP) is 12.4. The highest BCUT2D eigenvalue weighted by Crippen LogP contribution is 2.43.